The number of benzene rings is 2. The van der Waals surface area contributed by atoms with Gasteiger partial charge in [0, 0.05) is 0 Å². The van der Waals surface area contributed by atoms with Gasteiger partial charge in [0.15, 0.2) is 6.10 Å². The zero-order chi connectivity index (χ0) is 18.9. The molecule has 2 aromatic carbocycles. The van der Waals surface area contributed by atoms with Gasteiger partial charge in [0.05, 0.1) is 18.0 Å². The molecule has 0 aliphatic carbocycles. The minimum atomic E-state index is -3.67. The normalized spacial score (nSPS) is 16.6. The molecule has 0 saturated carbocycles. The van der Waals surface area contributed by atoms with E-state index in [4.69, 9.17) is 4.74 Å². The van der Waals surface area contributed by atoms with Crippen LogP contribution < -0.4 is 14.4 Å². The van der Waals surface area contributed by atoms with Crippen molar-refractivity contribution in [2.24, 2.45) is 0 Å². The largest absolute Gasteiger partial charge is 0.476 e. The van der Waals surface area contributed by atoms with Crippen LogP contribution in [0.4, 0.5) is 20.2 Å². The Morgan fingerprint density at radius 1 is 1.19 bits per heavy atom. The molecule has 1 amide bonds. The Morgan fingerprint density at radius 2 is 1.85 bits per heavy atom. The maximum absolute atomic E-state index is 13.7. The monoisotopic (exact) mass is 382 g/mol. The highest BCUT2D eigenvalue weighted by molar-refractivity contribution is 7.92. The van der Waals surface area contributed by atoms with E-state index >= 15 is 0 Å². The summed E-state index contributed by atoms with van der Waals surface area (Å²) in [4.78, 5) is 12.5. The molecule has 3 rings (SSSR count). The molecular weight excluding hydrogens is 366 g/mol. The smallest absolute Gasteiger partial charge is 0.267 e. The third-order valence-corrected chi connectivity index (χ3v) is 5.69. The number of sulfonamides is 1. The fourth-order valence-electron chi connectivity index (χ4n) is 2.58. The fraction of sp³-hybridized carbons (Fsp3) is 0.235. The van der Waals surface area contributed by atoms with Crippen molar-refractivity contribution >= 4 is 27.3 Å². The number of halogens is 2. The third-order valence-electron chi connectivity index (χ3n) is 3.94. The minimum Gasteiger partial charge on any atom is -0.476 e. The summed E-state index contributed by atoms with van der Waals surface area (Å²) >= 11 is 0. The molecule has 26 heavy (non-hydrogen) atoms. The molecule has 1 unspecified atom stereocenters. The van der Waals surface area contributed by atoms with Crippen LogP contribution in [0.3, 0.4) is 0 Å². The number of para-hydroxylation sites is 3. The summed E-state index contributed by atoms with van der Waals surface area (Å²) in [5.74, 6) is -2.69. The Labute approximate surface area is 149 Å². The molecule has 9 heteroatoms. The van der Waals surface area contributed by atoms with E-state index < -0.39 is 39.4 Å². The van der Waals surface area contributed by atoms with E-state index in [9.17, 15) is 22.0 Å². The lowest BCUT2D eigenvalue weighted by Crippen LogP contribution is -2.49. The Kier molecular flexibility index (Phi) is 4.82. The van der Waals surface area contributed by atoms with Crippen molar-refractivity contribution in [2.45, 2.75) is 13.0 Å². The highest BCUT2D eigenvalue weighted by Gasteiger charge is 2.36. The molecular formula is C17H16F2N2O4S. The Balaban J connectivity index is 1.91. The lowest BCUT2D eigenvalue weighted by atomic mass is 10.2. The van der Waals surface area contributed by atoms with Crippen LogP contribution in [-0.4, -0.2) is 32.7 Å². The van der Waals surface area contributed by atoms with Crippen LogP contribution in [0.5, 0.6) is 5.75 Å². The van der Waals surface area contributed by atoms with E-state index in [0.29, 0.717) is 5.69 Å². The number of amides is 1. The molecule has 1 aliphatic heterocycles. The molecule has 0 radical (unpaired) electrons. The van der Waals surface area contributed by atoms with Crippen molar-refractivity contribution in [2.75, 3.05) is 21.9 Å². The number of fused-ring (bicyclic) bond motifs is 1. The van der Waals surface area contributed by atoms with Gasteiger partial charge in [-0.1, -0.05) is 18.2 Å². The van der Waals surface area contributed by atoms with Crippen LogP contribution in [0.15, 0.2) is 42.5 Å². The molecule has 0 spiro atoms. The van der Waals surface area contributed by atoms with Crippen LogP contribution in [0.1, 0.15) is 6.92 Å². The molecule has 0 bridgehead atoms. The maximum Gasteiger partial charge on any atom is 0.267 e. The molecule has 0 aromatic heterocycles. The molecule has 0 saturated heterocycles. The van der Waals surface area contributed by atoms with Crippen molar-refractivity contribution in [1.82, 2.24) is 0 Å². The molecule has 1 aliphatic rings. The van der Waals surface area contributed by atoms with Crippen molar-refractivity contribution < 1.29 is 26.7 Å². The molecule has 1 N–H and O–H groups in total. The Bertz CT molecular complexity index is 929. The molecule has 1 heterocycles. The number of nitrogens with zero attached hydrogens (tertiary/aromatic N) is 1. The van der Waals surface area contributed by atoms with E-state index in [1.54, 1.807) is 18.2 Å². The van der Waals surface area contributed by atoms with Gasteiger partial charge in [0.1, 0.15) is 23.1 Å². The standard InChI is InChI=1S/C17H16F2N2O4S/c1-2-26(23,24)21-10-15(25-14-9-4-3-8-13(14)21)17(22)20-16-11(18)6-5-7-12(16)19/h3-9,15H,2,10H2,1H3,(H,20,22). The molecule has 0 fully saturated rings. The Morgan fingerprint density at radius 3 is 2.50 bits per heavy atom. The number of rotatable bonds is 4. The first-order valence-corrected chi connectivity index (χ1v) is 9.45. The fourth-order valence-corrected chi connectivity index (χ4v) is 3.70. The Hall–Kier alpha value is -2.68. The summed E-state index contributed by atoms with van der Waals surface area (Å²) < 4.78 is 58.8. The number of anilines is 2. The van der Waals surface area contributed by atoms with Gasteiger partial charge in [-0.25, -0.2) is 17.2 Å². The highest BCUT2D eigenvalue weighted by Crippen LogP contribution is 2.35. The van der Waals surface area contributed by atoms with E-state index in [1.807, 2.05) is 0 Å². The van der Waals surface area contributed by atoms with Crippen molar-refractivity contribution in [3.63, 3.8) is 0 Å². The van der Waals surface area contributed by atoms with Gasteiger partial charge in [-0.15, -0.1) is 0 Å². The summed E-state index contributed by atoms with van der Waals surface area (Å²) in [6, 6.07) is 9.54. The number of hydrogen-bond acceptors (Lipinski definition) is 4. The second-order valence-electron chi connectivity index (χ2n) is 5.59. The van der Waals surface area contributed by atoms with E-state index in [2.05, 4.69) is 5.32 Å². The molecule has 2 aromatic rings. The van der Waals surface area contributed by atoms with Crippen LogP contribution in [-0.2, 0) is 14.8 Å². The van der Waals surface area contributed by atoms with E-state index in [-0.39, 0.29) is 18.0 Å². The highest BCUT2D eigenvalue weighted by atomic mass is 32.2. The summed E-state index contributed by atoms with van der Waals surface area (Å²) in [5, 5.41) is 2.13. The zero-order valence-corrected chi connectivity index (χ0v) is 14.6. The number of carbonyl (C=O) groups is 1. The maximum atomic E-state index is 13.7. The number of ether oxygens (including phenoxy) is 1. The summed E-state index contributed by atoms with van der Waals surface area (Å²) in [6.45, 7) is 1.19. The number of nitrogens with one attached hydrogen (secondary N) is 1. The van der Waals surface area contributed by atoms with Crippen molar-refractivity contribution in [1.29, 1.82) is 0 Å². The van der Waals surface area contributed by atoms with Gasteiger partial charge in [0.25, 0.3) is 5.91 Å². The average molecular weight is 382 g/mol. The van der Waals surface area contributed by atoms with Crippen LogP contribution in [0.25, 0.3) is 0 Å². The lowest BCUT2D eigenvalue weighted by molar-refractivity contribution is -0.122. The first-order chi connectivity index (χ1) is 12.3. The number of hydrogen-bond donors (Lipinski definition) is 1. The second kappa shape index (κ2) is 6.91. The van der Waals surface area contributed by atoms with Crippen LogP contribution in [0.2, 0.25) is 0 Å². The van der Waals surface area contributed by atoms with Gasteiger partial charge in [-0.2, -0.15) is 0 Å². The number of carbonyl (C=O) groups excluding carboxylic acids is 1. The van der Waals surface area contributed by atoms with E-state index in [1.165, 1.54) is 19.1 Å². The lowest BCUT2D eigenvalue weighted by Gasteiger charge is -2.34. The topological polar surface area (TPSA) is 75.7 Å². The van der Waals surface area contributed by atoms with Gasteiger partial charge in [0.2, 0.25) is 10.0 Å². The van der Waals surface area contributed by atoms with Gasteiger partial charge >= 0.3 is 0 Å². The second-order valence-corrected chi connectivity index (χ2v) is 7.77. The van der Waals surface area contributed by atoms with Crippen molar-refractivity contribution in [3.05, 3.63) is 54.1 Å². The van der Waals surface area contributed by atoms with Crippen LogP contribution in [0, 0.1) is 11.6 Å². The van der Waals surface area contributed by atoms with E-state index in [0.717, 1.165) is 16.4 Å². The van der Waals surface area contributed by atoms with Crippen molar-refractivity contribution in [3.8, 4) is 5.75 Å². The first-order valence-electron chi connectivity index (χ1n) is 7.84. The van der Waals surface area contributed by atoms with Crippen LogP contribution >= 0.6 is 0 Å². The molecule has 1 atom stereocenters. The van der Waals surface area contributed by atoms with Gasteiger partial charge < -0.3 is 10.1 Å². The summed E-state index contributed by atoms with van der Waals surface area (Å²) in [5.41, 5.74) is -0.291. The summed E-state index contributed by atoms with van der Waals surface area (Å²) in [6.07, 6.45) is -1.26. The average Bonchev–Trinajstić information content (AvgIpc) is 2.63. The quantitative estimate of drug-likeness (QED) is 0.882. The predicted molar refractivity (Wildman–Crippen MR) is 92.7 cm³/mol. The molecule has 6 nitrogen and oxygen atoms in total. The predicted octanol–water partition coefficient (Wildman–Crippen LogP) is 2.52. The minimum absolute atomic E-state index is 0.169. The third kappa shape index (κ3) is 3.34. The SMILES string of the molecule is CCS(=O)(=O)N1CC(C(=O)Nc2c(F)cccc2F)Oc2ccccc21. The summed E-state index contributed by atoms with van der Waals surface area (Å²) in [7, 11) is -3.67. The van der Waals surface area contributed by atoms with Gasteiger partial charge in [-0.3, -0.25) is 9.10 Å². The first kappa shape index (κ1) is 18.1. The van der Waals surface area contributed by atoms with Gasteiger partial charge in [-0.05, 0) is 31.2 Å². The molecule has 138 valence electrons. The zero-order valence-electron chi connectivity index (χ0n) is 13.8.